The predicted molar refractivity (Wildman–Crippen MR) is 94.0 cm³/mol. The SMILES string of the molecule is Cc1cccc(OCCOc2cccn(C3CCNCC3)c2=O)c1. The topological polar surface area (TPSA) is 52.5 Å². The molecule has 1 saturated heterocycles. The Morgan fingerprint density at radius 1 is 1.12 bits per heavy atom. The Morgan fingerprint density at radius 3 is 2.71 bits per heavy atom. The number of pyridine rings is 1. The van der Waals surface area contributed by atoms with Gasteiger partial charge < -0.3 is 19.4 Å². The van der Waals surface area contributed by atoms with Crippen molar-refractivity contribution in [2.24, 2.45) is 0 Å². The van der Waals surface area contributed by atoms with Crippen molar-refractivity contribution in [1.82, 2.24) is 9.88 Å². The lowest BCUT2D eigenvalue weighted by Gasteiger charge is -2.25. The third-order valence-corrected chi connectivity index (χ3v) is 4.24. The fraction of sp³-hybridized carbons (Fsp3) is 0.421. The van der Waals surface area contributed by atoms with Crippen molar-refractivity contribution < 1.29 is 9.47 Å². The molecule has 128 valence electrons. The number of aromatic nitrogens is 1. The van der Waals surface area contributed by atoms with E-state index in [2.05, 4.69) is 5.32 Å². The summed E-state index contributed by atoms with van der Waals surface area (Å²) in [5, 5.41) is 3.32. The Balaban J connectivity index is 1.56. The fourth-order valence-corrected chi connectivity index (χ4v) is 2.99. The molecule has 1 fully saturated rings. The molecule has 1 aromatic carbocycles. The highest BCUT2D eigenvalue weighted by molar-refractivity contribution is 5.27. The molecule has 1 aromatic heterocycles. The van der Waals surface area contributed by atoms with Crippen molar-refractivity contribution in [3.8, 4) is 11.5 Å². The van der Waals surface area contributed by atoms with Crippen molar-refractivity contribution >= 4 is 0 Å². The second-order valence-electron chi connectivity index (χ2n) is 6.08. The highest BCUT2D eigenvalue weighted by Crippen LogP contribution is 2.17. The number of ether oxygens (including phenoxy) is 2. The minimum absolute atomic E-state index is 0.0556. The van der Waals surface area contributed by atoms with Crippen LogP contribution in [0.5, 0.6) is 11.5 Å². The molecule has 1 aliphatic rings. The zero-order valence-corrected chi connectivity index (χ0v) is 14.0. The lowest BCUT2D eigenvalue weighted by Crippen LogP contribution is -2.34. The first-order valence-electron chi connectivity index (χ1n) is 8.48. The van der Waals surface area contributed by atoms with Gasteiger partial charge in [0, 0.05) is 12.2 Å². The van der Waals surface area contributed by atoms with Crippen molar-refractivity contribution in [2.45, 2.75) is 25.8 Å². The van der Waals surface area contributed by atoms with Gasteiger partial charge in [-0.25, -0.2) is 0 Å². The highest BCUT2D eigenvalue weighted by Gasteiger charge is 2.17. The van der Waals surface area contributed by atoms with Gasteiger partial charge >= 0.3 is 0 Å². The van der Waals surface area contributed by atoms with E-state index in [0.29, 0.717) is 19.0 Å². The molecule has 5 heteroatoms. The number of aryl methyl sites for hydroxylation is 1. The maximum Gasteiger partial charge on any atom is 0.293 e. The summed E-state index contributed by atoms with van der Waals surface area (Å²) in [6.45, 7) is 4.68. The molecule has 1 aliphatic heterocycles. The molecule has 0 saturated carbocycles. The molecule has 0 radical (unpaired) electrons. The van der Waals surface area contributed by atoms with Crippen LogP contribution >= 0.6 is 0 Å². The predicted octanol–water partition coefficient (Wildman–Crippen LogP) is 2.54. The van der Waals surface area contributed by atoms with Crippen LogP contribution in [0.25, 0.3) is 0 Å². The van der Waals surface area contributed by atoms with Crippen molar-refractivity contribution in [3.05, 3.63) is 58.5 Å². The maximum atomic E-state index is 12.6. The number of benzene rings is 1. The van der Waals surface area contributed by atoms with Crippen molar-refractivity contribution in [3.63, 3.8) is 0 Å². The van der Waals surface area contributed by atoms with Gasteiger partial charge in [0.2, 0.25) is 0 Å². The van der Waals surface area contributed by atoms with E-state index in [0.717, 1.165) is 37.2 Å². The summed E-state index contributed by atoms with van der Waals surface area (Å²) < 4.78 is 13.1. The van der Waals surface area contributed by atoms with Crippen LogP contribution < -0.4 is 20.3 Å². The molecule has 0 spiro atoms. The number of nitrogens with zero attached hydrogens (tertiary/aromatic N) is 1. The van der Waals surface area contributed by atoms with Gasteiger partial charge in [-0.2, -0.15) is 0 Å². The Labute approximate surface area is 142 Å². The summed E-state index contributed by atoms with van der Waals surface area (Å²) in [7, 11) is 0. The van der Waals surface area contributed by atoms with E-state index >= 15 is 0 Å². The molecule has 1 N–H and O–H groups in total. The van der Waals surface area contributed by atoms with Crippen molar-refractivity contribution in [2.75, 3.05) is 26.3 Å². The van der Waals surface area contributed by atoms with Crippen LogP contribution in [0.4, 0.5) is 0 Å². The van der Waals surface area contributed by atoms with Gasteiger partial charge in [0.05, 0.1) is 0 Å². The zero-order valence-electron chi connectivity index (χ0n) is 14.0. The first-order chi connectivity index (χ1) is 11.7. The molecule has 3 rings (SSSR count). The van der Waals surface area contributed by atoms with E-state index in [9.17, 15) is 4.79 Å². The van der Waals surface area contributed by atoms with E-state index < -0.39 is 0 Å². The third-order valence-electron chi connectivity index (χ3n) is 4.24. The second-order valence-corrected chi connectivity index (χ2v) is 6.08. The molecular formula is C19H24N2O3. The average molecular weight is 328 g/mol. The number of piperidine rings is 1. The molecule has 0 bridgehead atoms. The van der Waals surface area contributed by atoms with Crippen LogP contribution in [0.15, 0.2) is 47.4 Å². The zero-order chi connectivity index (χ0) is 16.8. The molecule has 24 heavy (non-hydrogen) atoms. The fourth-order valence-electron chi connectivity index (χ4n) is 2.99. The summed E-state index contributed by atoms with van der Waals surface area (Å²) in [5.74, 6) is 1.21. The minimum Gasteiger partial charge on any atom is -0.490 e. The van der Waals surface area contributed by atoms with Gasteiger partial charge in [0.15, 0.2) is 5.75 Å². The minimum atomic E-state index is -0.0556. The van der Waals surface area contributed by atoms with E-state index in [1.807, 2.05) is 43.5 Å². The quantitative estimate of drug-likeness (QED) is 0.828. The molecule has 0 amide bonds. The van der Waals surface area contributed by atoms with Gasteiger partial charge in [-0.05, 0) is 62.7 Å². The van der Waals surface area contributed by atoms with Crippen LogP contribution in [0.1, 0.15) is 24.4 Å². The Morgan fingerprint density at radius 2 is 1.92 bits per heavy atom. The summed E-state index contributed by atoms with van der Waals surface area (Å²) in [6, 6.07) is 11.7. The van der Waals surface area contributed by atoms with E-state index in [1.165, 1.54) is 0 Å². The van der Waals surface area contributed by atoms with Gasteiger partial charge in [0.1, 0.15) is 19.0 Å². The molecule has 0 atom stereocenters. The second kappa shape index (κ2) is 8.02. The van der Waals surface area contributed by atoms with Gasteiger partial charge in [0.25, 0.3) is 5.56 Å². The molecule has 2 heterocycles. The van der Waals surface area contributed by atoms with Crippen LogP contribution in [0, 0.1) is 6.92 Å². The largest absolute Gasteiger partial charge is 0.490 e. The molecule has 0 aliphatic carbocycles. The van der Waals surface area contributed by atoms with E-state index in [-0.39, 0.29) is 11.6 Å². The average Bonchev–Trinajstić information content (AvgIpc) is 2.61. The van der Waals surface area contributed by atoms with Crippen LogP contribution in [-0.2, 0) is 0 Å². The van der Waals surface area contributed by atoms with Crippen molar-refractivity contribution in [1.29, 1.82) is 0 Å². The molecular weight excluding hydrogens is 304 g/mol. The highest BCUT2D eigenvalue weighted by atomic mass is 16.5. The maximum absolute atomic E-state index is 12.6. The molecule has 5 nitrogen and oxygen atoms in total. The summed E-state index contributed by atoms with van der Waals surface area (Å²) in [5.41, 5.74) is 1.10. The van der Waals surface area contributed by atoms with Crippen LogP contribution in [0.2, 0.25) is 0 Å². The standard InChI is InChI=1S/C19H24N2O3/c1-15-4-2-5-17(14-15)23-12-13-24-18-6-3-11-21(19(18)22)16-7-9-20-10-8-16/h2-6,11,14,16,20H,7-10,12-13H2,1H3. The number of hydrogen-bond acceptors (Lipinski definition) is 4. The normalized spacial score (nSPS) is 15.2. The van der Waals surface area contributed by atoms with Gasteiger partial charge in [-0.15, -0.1) is 0 Å². The Hall–Kier alpha value is -2.27. The summed E-state index contributed by atoms with van der Waals surface area (Å²) in [4.78, 5) is 12.6. The van der Waals surface area contributed by atoms with E-state index in [4.69, 9.17) is 9.47 Å². The Bertz CT molecular complexity index is 721. The smallest absolute Gasteiger partial charge is 0.293 e. The third kappa shape index (κ3) is 4.17. The van der Waals surface area contributed by atoms with Gasteiger partial charge in [-0.1, -0.05) is 12.1 Å². The number of rotatable bonds is 6. The lowest BCUT2D eigenvalue weighted by molar-refractivity contribution is 0.213. The first-order valence-corrected chi connectivity index (χ1v) is 8.48. The van der Waals surface area contributed by atoms with Crippen LogP contribution in [0.3, 0.4) is 0 Å². The number of nitrogens with one attached hydrogen (secondary N) is 1. The van der Waals surface area contributed by atoms with E-state index in [1.54, 1.807) is 10.6 Å². The Kier molecular flexibility index (Phi) is 5.54. The summed E-state index contributed by atoms with van der Waals surface area (Å²) >= 11 is 0. The monoisotopic (exact) mass is 328 g/mol. The number of hydrogen-bond donors (Lipinski definition) is 1. The lowest BCUT2D eigenvalue weighted by atomic mass is 10.1. The molecule has 0 unspecified atom stereocenters. The summed E-state index contributed by atoms with van der Waals surface area (Å²) in [6.07, 6.45) is 3.80. The van der Waals surface area contributed by atoms with Crippen LogP contribution in [-0.4, -0.2) is 30.9 Å². The molecule has 2 aromatic rings. The first kappa shape index (κ1) is 16.6. The van der Waals surface area contributed by atoms with Gasteiger partial charge in [-0.3, -0.25) is 4.79 Å².